The zero-order valence-corrected chi connectivity index (χ0v) is 16.6. The summed E-state index contributed by atoms with van der Waals surface area (Å²) in [5.74, 6) is 1.33. The number of amides is 1. The van der Waals surface area contributed by atoms with Gasteiger partial charge in [-0.3, -0.25) is 4.79 Å². The molecule has 2 aromatic heterocycles. The lowest BCUT2D eigenvalue weighted by Gasteiger charge is -2.28. The number of carbonyl (C=O) groups excluding carboxylic acids is 1. The second kappa shape index (κ2) is 7.49. The number of allylic oxidation sites excluding steroid dienone is 1. The lowest BCUT2D eigenvalue weighted by molar-refractivity contribution is -0.113. The quantitative estimate of drug-likeness (QED) is 0.464. The molecule has 5 rings (SSSR count). The second-order valence-corrected chi connectivity index (χ2v) is 7.16. The van der Waals surface area contributed by atoms with Gasteiger partial charge in [0.1, 0.15) is 11.8 Å². The van der Waals surface area contributed by atoms with Gasteiger partial charge in [-0.25, -0.2) is 4.68 Å². The second-order valence-electron chi connectivity index (χ2n) is 7.16. The third-order valence-corrected chi connectivity index (χ3v) is 5.08. The number of phenolic OH excluding ortho intramolecular Hbond substituents is 1. The predicted octanol–water partition coefficient (Wildman–Crippen LogP) is 4.17. The van der Waals surface area contributed by atoms with E-state index in [4.69, 9.17) is 4.42 Å². The Morgan fingerprint density at radius 1 is 1.10 bits per heavy atom. The standard InChI is InChI=1S/C23H19N5O3/c1-14-19(22(30)25-16-6-3-2-4-7-16)20(15-9-11-17(29)12-10-15)28-23(24-14)26-21(27-28)18-8-5-13-31-18/h2-13,20,29H,1H3,(H,25,30)(H,24,26,27). The summed E-state index contributed by atoms with van der Waals surface area (Å²) in [4.78, 5) is 17.9. The van der Waals surface area contributed by atoms with Gasteiger partial charge in [0, 0.05) is 11.4 Å². The van der Waals surface area contributed by atoms with E-state index >= 15 is 0 Å². The summed E-state index contributed by atoms with van der Waals surface area (Å²) < 4.78 is 7.11. The van der Waals surface area contributed by atoms with Crippen molar-refractivity contribution in [2.75, 3.05) is 10.6 Å². The highest BCUT2D eigenvalue weighted by molar-refractivity contribution is 6.06. The number of benzene rings is 2. The number of furan rings is 1. The SMILES string of the molecule is CC1=C(C(=O)Nc2ccccc2)C(c2ccc(O)cc2)n2nc(-c3ccco3)nc2N1. The van der Waals surface area contributed by atoms with Crippen LogP contribution >= 0.6 is 0 Å². The van der Waals surface area contributed by atoms with Crippen molar-refractivity contribution in [1.29, 1.82) is 0 Å². The molecule has 3 N–H and O–H groups in total. The third kappa shape index (κ3) is 3.44. The molecule has 1 aliphatic heterocycles. The van der Waals surface area contributed by atoms with Crippen molar-refractivity contribution < 1.29 is 14.3 Å². The summed E-state index contributed by atoms with van der Waals surface area (Å²) in [5.41, 5.74) is 2.64. The largest absolute Gasteiger partial charge is 0.508 e. The van der Waals surface area contributed by atoms with Gasteiger partial charge in [-0.1, -0.05) is 30.3 Å². The molecular weight excluding hydrogens is 394 g/mol. The van der Waals surface area contributed by atoms with E-state index in [9.17, 15) is 9.90 Å². The number of carbonyl (C=O) groups is 1. The van der Waals surface area contributed by atoms with Gasteiger partial charge in [0.05, 0.1) is 11.8 Å². The highest BCUT2D eigenvalue weighted by Crippen LogP contribution is 2.37. The minimum Gasteiger partial charge on any atom is -0.508 e. The molecule has 8 nitrogen and oxygen atoms in total. The van der Waals surface area contributed by atoms with Crippen LogP contribution in [0.4, 0.5) is 11.6 Å². The Bertz CT molecular complexity index is 1260. The first kappa shape index (κ1) is 18.7. The summed E-state index contributed by atoms with van der Waals surface area (Å²) >= 11 is 0. The van der Waals surface area contributed by atoms with Crippen molar-refractivity contribution in [3.05, 3.63) is 89.8 Å². The monoisotopic (exact) mass is 413 g/mol. The number of hydrogen-bond acceptors (Lipinski definition) is 6. The van der Waals surface area contributed by atoms with Crippen molar-refractivity contribution in [3.8, 4) is 17.3 Å². The Morgan fingerprint density at radius 2 is 1.87 bits per heavy atom. The molecule has 154 valence electrons. The minimum absolute atomic E-state index is 0.142. The van der Waals surface area contributed by atoms with Crippen LogP contribution in [0.3, 0.4) is 0 Å². The van der Waals surface area contributed by atoms with E-state index in [1.54, 1.807) is 47.3 Å². The van der Waals surface area contributed by atoms with Crippen molar-refractivity contribution in [3.63, 3.8) is 0 Å². The van der Waals surface area contributed by atoms with Gasteiger partial charge in [0.15, 0.2) is 5.76 Å². The van der Waals surface area contributed by atoms with E-state index in [0.29, 0.717) is 34.5 Å². The van der Waals surface area contributed by atoms with E-state index in [1.165, 1.54) is 0 Å². The van der Waals surface area contributed by atoms with Crippen LogP contribution in [0, 0.1) is 0 Å². The van der Waals surface area contributed by atoms with Gasteiger partial charge < -0.3 is 20.2 Å². The van der Waals surface area contributed by atoms with Gasteiger partial charge in [0.25, 0.3) is 5.91 Å². The maximum absolute atomic E-state index is 13.3. The number of anilines is 2. The Morgan fingerprint density at radius 3 is 2.58 bits per heavy atom. The van der Waals surface area contributed by atoms with Crippen LogP contribution in [0.15, 0.2) is 88.7 Å². The molecule has 1 amide bonds. The Kier molecular flexibility index (Phi) is 4.51. The van der Waals surface area contributed by atoms with Crippen LogP contribution in [0.2, 0.25) is 0 Å². The molecule has 31 heavy (non-hydrogen) atoms. The topological polar surface area (TPSA) is 105 Å². The number of hydrogen-bond donors (Lipinski definition) is 3. The van der Waals surface area contributed by atoms with Crippen LogP contribution in [0.5, 0.6) is 5.75 Å². The van der Waals surface area contributed by atoms with Crippen molar-refractivity contribution >= 4 is 17.5 Å². The normalized spacial score (nSPS) is 15.3. The molecule has 4 aromatic rings. The van der Waals surface area contributed by atoms with Crippen LogP contribution in [0.1, 0.15) is 18.5 Å². The number of nitrogens with zero attached hydrogens (tertiary/aromatic N) is 3. The van der Waals surface area contributed by atoms with E-state index < -0.39 is 6.04 Å². The number of para-hydroxylation sites is 1. The molecular formula is C23H19N5O3. The summed E-state index contributed by atoms with van der Waals surface area (Å²) in [6.45, 7) is 1.83. The molecule has 0 spiro atoms. The van der Waals surface area contributed by atoms with E-state index in [2.05, 4.69) is 20.7 Å². The first-order valence-electron chi connectivity index (χ1n) is 9.73. The highest BCUT2D eigenvalue weighted by atomic mass is 16.3. The van der Waals surface area contributed by atoms with Crippen molar-refractivity contribution in [1.82, 2.24) is 14.8 Å². The molecule has 2 aromatic carbocycles. The molecule has 0 aliphatic carbocycles. The average Bonchev–Trinajstić information content (AvgIpc) is 3.44. The molecule has 0 radical (unpaired) electrons. The molecule has 0 fully saturated rings. The molecule has 0 bridgehead atoms. The average molecular weight is 413 g/mol. The van der Waals surface area contributed by atoms with E-state index in [1.807, 2.05) is 37.3 Å². The van der Waals surface area contributed by atoms with Crippen LogP contribution in [0.25, 0.3) is 11.6 Å². The first-order chi connectivity index (χ1) is 15.1. The molecule has 0 saturated heterocycles. The maximum atomic E-state index is 13.3. The van der Waals surface area contributed by atoms with Crippen LogP contribution in [-0.2, 0) is 4.79 Å². The summed E-state index contributed by atoms with van der Waals surface area (Å²) in [5, 5.41) is 20.5. The van der Waals surface area contributed by atoms with E-state index in [0.717, 1.165) is 5.56 Å². The van der Waals surface area contributed by atoms with Gasteiger partial charge in [-0.15, -0.1) is 5.10 Å². The third-order valence-electron chi connectivity index (χ3n) is 5.08. The fourth-order valence-electron chi connectivity index (χ4n) is 3.64. The van der Waals surface area contributed by atoms with Crippen LogP contribution < -0.4 is 10.6 Å². The number of aromatic hydroxyl groups is 1. The molecule has 1 unspecified atom stereocenters. The van der Waals surface area contributed by atoms with Gasteiger partial charge >= 0.3 is 0 Å². The zero-order valence-electron chi connectivity index (χ0n) is 16.6. The number of nitrogens with one attached hydrogen (secondary N) is 2. The Balaban J connectivity index is 1.60. The molecule has 1 aliphatic rings. The highest BCUT2D eigenvalue weighted by Gasteiger charge is 2.34. The van der Waals surface area contributed by atoms with E-state index in [-0.39, 0.29) is 11.7 Å². The Labute approximate surface area is 177 Å². The van der Waals surface area contributed by atoms with Gasteiger partial charge in [0.2, 0.25) is 11.8 Å². The number of phenols is 1. The zero-order chi connectivity index (χ0) is 21.4. The van der Waals surface area contributed by atoms with Crippen molar-refractivity contribution in [2.45, 2.75) is 13.0 Å². The van der Waals surface area contributed by atoms with Gasteiger partial charge in [-0.2, -0.15) is 4.98 Å². The van der Waals surface area contributed by atoms with Crippen LogP contribution in [-0.4, -0.2) is 25.8 Å². The summed E-state index contributed by atoms with van der Waals surface area (Å²) in [7, 11) is 0. The number of aromatic nitrogens is 3. The summed E-state index contributed by atoms with van der Waals surface area (Å²) in [6.07, 6.45) is 1.56. The lowest BCUT2D eigenvalue weighted by atomic mass is 9.95. The first-order valence-corrected chi connectivity index (χ1v) is 9.73. The maximum Gasteiger partial charge on any atom is 0.255 e. The molecule has 0 saturated carbocycles. The molecule has 3 heterocycles. The predicted molar refractivity (Wildman–Crippen MR) is 115 cm³/mol. The molecule has 8 heteroatoms. The van der Waals surface area contributed by atoms with Crippen molar-refractivity contribution in [2.24, 2.45) is 0 Å². The van der Waals surface area contributed by atoms with Gasteiger partial charge in [-0.05, 0) is 48.9 Å². The smallest absolute Gasteiger partial charge is 0.255 e. The minimum atomic E-state index is -0.545. The molecule has 1 atom stereocenters. The fraction of sp³-hybridized carbons (Fsp3) is 0.0870. The number of fused-ring (bicyclic) bond motifs is 1. The lowest BCUT2D eigenvalue weighted by Crippen LogP contribution is -2.31. The summed E-state index contributed by atoms with van der Waals surface area (Å²) in [6, 6.07) is 19.0. The number of rotatable bonds is 4. The fourth-order valence-corrected chi connectivity index (χ4v) is 3.64. The Hall–Kier alpha value is -4.33.